The number of H-pyrrole nitrogens is 1. The van der Waals surface area contributed by atoms with Crippen molar-refractivity contribution >= 4 is 22.5 Å². The fourth-order valence-corrected chi connectivity index (χ4v) is 3.06. The number of ether oxygens (including phenoxy) is 1. The molecule has 0 aliphatic rings. The molecule has 0 saturated carbocycles. The van der Waals surface area contributed by atoms with Crippen molar-refractivity contribution in [3.05, 3.63) is 69.5 Å². The van der Waals surface area contributed by atoms with Crippen molar-refractivity contribution in [3.8, 4) is 5.75 Å². The molecule has 1 aromatic heterocycles. The number of methoxy groups -OCH3 is 1. The molecule has 0 saturated heterocycles. The molecule has 0 spiro atoms. The summed E-state index contributed by atoms with van der Waals surface area (Å²) >= 11 is 0. The third kappa shape index (κ3) is 4.11. The van der Waals surface area contributed by atoms with Crippen LogP contribution in [0.3, 0.4) is 0 Å². The maximum absolute atomic E-state index is 12.3. The van der Waals surface area contributed by atoms with Crippen LogP contribution in [0.25, 0.3) is 10.9 Å². The van der Waals surface area contributed by atoms with E-state index in [0.29, 0.717) is 17.7 Å². The third-order valence-corrected chi connectivity index (χ3v) is 4.26. The van der Waals surface area contributed by atoms with Crippen molar-refractivity contribution in [1.82, 2.24) is 4.98 Å². The van der Waals surface area contributed by atoms with Gasteiger partial charge < -0.3 is 15.0 Å². The minimum atomic E-state index is -0.176. The molecule has 1 heterocycles. The van der Waals surface area contributed by atoms with Crippen LogP contribution in [-0.2, 0) is 11.2 Å². The lowest BCUT2D eigenvalue weighted by Crippen LogP contribution is -2.17. The number of hydrogen-bond acceptors (Lipinski definition) is 3. The first-order valence-electron chi connectivity index (χ1n) is 8.53. The number of nitrogens with one attached hydrogen (secondary N) is 2. The van der Waals surface area contributed by atoms with Crippen molar-refractivity contribution in [2.24, 2.45) is 0 Å². The minimum Gasteiger partial charge on any atom is -0.497 e. The van der Waals surface area contributed by atoms with Crippen LogP contribution >= 0.6 is 0 Å². The smallest absolute Gasteiger partial charge is 0.251 e. The number of amides is 1. The van der Waals surface area contributed by atoms with E-state index >= 15 is 0 Å². The summed E-state index contributed by atoms with van der Waals surface area (Å²) < 4.78 is 5.17. The van der Waals surface area contributed by atoms with E-state index < -0.39 is 0 Å². The van der Waals surface area contributed by atoms with Crippen LogP contribution in [0.4, 0.5) is 5.69 Å². The lowest BCUT2D eigenvalue weighted by atomic mass is 10.1. The Morgan fingerprint density at radius 2 is 1.81 bits per heavy atom. The Morgan fingerprint density at radius 3 is 2.50 bits per heavy atom. The number of aromatic nitrogens is 1. The first-order chi connectivity index (χ1) is 12.4. The first-order valence-corrected chi connectivity index (χ1v) is 8.53. The highest BCUT2D eigenvalue weighted by molar-refractivity contribution is 5.91. The SMILES string of the molecule is COc1ccc2cc(CCC(=O)Nc3cc(C)cc(C)c3)c(=O)[nH]c2c1. The van der Waals surface area contributed by atoms with Crippen LogP contribution in [0, 0.1) is 13.8 Å². The highest BCUT2D eigenvalue weighted by Crippen LogP contribution is 2.19. The zero-order valence-electron chi connectivity index (χ0n) is 15.2. The van der Waals surface area contributed by atoms with Gasteiger partial charge in [-0.05, 0) is 67.1 Å². The maximum Gasteiger partial charge on any atom is 0.251 e. The largest absolute Gasteiger partial charge is 0.497 e. The summed E-state index contributed by atoms with van der Waals surface area (Å²) in [5.74, 6) is 0.581. The van der Waals surface area contributed by atoms with Crippen LogP contribution < -0.4 is 15.6 Å². The second-order valence-electron chi connectivity index (χ2n) is 6.50. The molecule has 0 atom stereocenters. The Bertz CT molecular complexity index is 1000. The molecule has 1 amide bonds. The number of pyridine rings is 1. The number of rotatable bonds is 5. The first kappa shape index (κ1) is 17.7. The molecule has 134 valence electrons. The molecule has 2 N–H and O–H groups in total. The van der Waals surface area contributed by atoms with E-state index in [2.05, 4.69) is 16.4 Å². The normalized spacial score (nSPS) is 10.7. The van der Waals surface area contributed by atoms with Gasteiger partial charge in [0.05, 0.1) is 12.6 Å². The molecule has 3 rings (SSSR count). The summed E-state index contributed by atoms with van der Waals surface area (Å²) in [6, 6.07) is 13.3. The molecule has 0 radical (unpaired) electrons. The molecule has 0 bridgehead atoms. The number of aryl methyl sites for hydroxylation is 3. The van der Waals surface area contributed by atoms with Gasteiger partial charge in [-0.3, -0.25) is 9.59 Å². The molecule has 5 nitrogen and oxygen atoms in total. The van der Waals surface area contributed by atoms with Crippen LogP contribution in [0.5, 0.6) is 5.75 Å². The van der Waals surface area contributed by atoms with Crippen LogP contribution in [0.15, 0.2) is 47.3 Å². The van der Waals surface area contributed by atoms with Gasteiger partial charge in [0.2, 0.25) is 5.91 Å². The molecule has 0 aliphatic carbocycles. The Labute approximate surface area is 152 Å². The molecule has 3 aromatic rings. The molecule has 26 heavy (non-hydrogen) atoms. The monoisotopic (exact) mass is 350 g/mol. The van der Waals surface area contributed by atoms with E-state index in [1.165, 1.54) is 0 Å². The molecular weight excluding hydrogens is 328 g/mol. The van der Waals surface area contributed by atoms with Crippen molar-refractivity contribution in [2.45, 2.75) is 26.7 Å². The average Bonchev–Trinajstić information content (AvgIpc) is 2.58. The molecule has 5 heteroatoms. The number of carbonyl (C=O) groups excluding carboxylic acids is 1. The number of benzene rings is 2. The van der Waals surface area contributed by atoms with Gasteiger partial charge in [-0.2, -0.15) is 0 Å². The van der Waals surface area contributed by atoms with Gasteiger partial charge in [0, 0.05) is 23.7 Å². The Balaban J connectivity index is 1.71. The predicted octanol–water partition coefficient (Wildman–Crippen LogP) is 3.72. The van der Waals surface area contributed by atoms with E-state index in [4.69, 9.17) is 4.74 Å². The van der Waals surface area contributed by atoms with E-state index in [1.54, 1.807) is 13.2 Å². The molecular formula is C21H22N2O3. The van der Waals surface area contributed by atoms with Gasteiger partial charge in [-0.15, -0.1) is 0 Å². The lowest BCUT2D eigenvalue weighted by molar-refractivity contribution is -0.116. The standard InChI is InChI=1S/C21H22N2O3/c1-13-8-14(2)10-17(9-13)22-20(24)7-5-16-11-15-4-6-18(26-3)12-19(15)23-21(16)25/h4,6,8-12H,5,7H2,1-3H3,(H,22,24)(H,23,25). The van der Waals surface area contributed by atoms with Gasteiger partial charge in [-0.25, -0.2) is 0 Å². The van der Waals surface area contributed by atoms with Gasteiger partial charge in [-0.1, -0.05) is 6.07 Å². The highest BCUT2D eigenvalue weighted by atomic mass is 16.5. The maximum atomic E-state index is 12.3. The molecule has 0 aliphatic heterocycles. The summed E-state index contributed by atoms with van der Waals surface area (Å²) in [6.07, 6.45) is 0.631. The topological polar surface area (TPSA) is 71.2 Å². The lowest BCUT2D eigenvalue weighted by Gasteiger charge is -2.08. The van der Waals surface area contributed by atoms with Crippen LogP contribution in [0.2, 0.25) is 0 Å². The van der Waals surface area contributed by atoms with Gasteiger partial charge in [0.15, 0.2) is 0 Å². The Hall–Kier alpha value is -3.08. The summed E-state index contributed by atoms with van der Waals surface area (Å²) in [4.78, 5) is 27.3. The van der Waals surface area contributed by atoms with E-state index in [-0.39, 0.29) is 17.9 Å². The number of carbonyl (C=O) groups is 1. The third-order valence-electron chi connectivity index (χ3n) is 4.26. The number of aromatic amines is 1. The van der Waals surface area contributed by atoms with Crippen LogP contribution in [0.1, 0.15) is 23.1 Å². The second-order valence-corrected chi connectivity index (χ2v) is 6.50. The zero-order valence-corrected chi connectivity index (χ0v) is 15.2. The summed E-state index contributed by atoms with van der Waals surface area (Å²) in [5.41, 5.74) is 4.12. The van der Waals surface area contributed by atoms with Crippen molar-refractivity contribution in [1.29, 1.82) is 0 Å². The highest BCUT2D eigenvalue weighted by Gasteiger charge is 2.08. The fourth-order valence-electron chi connectivity index (χ4n) is 3.06. The predicted molar refractivity (Wildman–Crippen MR) is 104 cm³/mol. The summed E-state index contributed by atoms with van der Waals surface area (Å²) in [6.45, 7) is 3.98. The van der Waals surface area contributed by atoms with Gasteiger partial charge in [0.25, 0.3) is 5.56 Å². The summed E-state index contributed by atoms with van der Waals surface area (Å²) in [7, 11) is 1.59. The molecule has 0 unspecified atom stereocenters. The van der Waals surface area contributed by atoms with Crippen molar-refractivity contribution < 1.29 is 9.53 Å². The number of anilines is 1. The summed E-state index contributed by atoms with van der Waals surface area (Å²) in [5, 5.41) is 3.81. The Kier molecular flexibility index (Phi) is 5.07. The van der Waals surface area contributed by atoms with Gasteiger partial charge in [0.1, 0.15) is 5.75 Å². The molecule has 0 fully saturated rings. The molecule has 2 aromatic carbocycles. The number of hydrogen-bond donors (Lipinski definition) is 2. The fraction of sp³-hybridized carbons (Fsp3) is 0.238. The van der Waals surface area contributed by atoms with Crippen LogP contribution in [-0.4, -0.2) is 18.0 Å². The van der Waals surface area contributed by atoms with E-state index in [0.717, 1.165) is 27.7 Å². The van der Waals surface area contributed by atoms with Gasteiger partial charge >= 0.3 is 0 Å². The number of fused-ring (bicyclic) bond motifs is 1. The van der Waals surface area contributed by atoms with E-state index in [9.17, 15) is 9.59 Å². The van der Waals surface area contributed by atoms with E-state index in [1.807, 2.05) is 44.2 Å². The second kappa shape index (κ2) is 7.44. The average molecular weight is 350 g/mol. The quantitative estimate of drug-likeness (QED) is 0.737. The Morgan fingerprint density at radius 1 is 1.08 bits per heavy atom. The minimum absolute atomic E-state index is 0.107. The van der Waals surface area contributed by atoms with Crippen molar-refractivity contribution in [3.63, 3.8) is 0 Å². The zero-order chi connectivity index (χ0) is 18.7. The van der Waals surface area contributed by atoms with Crippen molar-refractivity contribution in [2.75, 3.05) is 12.4 Å².